The van der Waals surface area contributed by atoms with Gasteiger partial charge in [0.2, 0.25) is 5.78 Å². The molecule has 0 radical (unpaired) electrons. The number of ether oxygens (including phenoxy) is 2. The molecule has 3 aromatic carbocycles. The summed E-state index contributed by atoms with van der Waals surface area (Å²) in [6.45, 7) is 3.98. The van der Waals surface area contributed by atoms with Crippen LogP contribution in [0.3, 0.4) is 0 Å². The molecule has 1 saturated carbocycles. The van der Waals surface area contributed by atoms with Gasteiger partial charge < -0.3 is 9.47 Å². The molecule has 0 bridgehead atoms. The van der Waals surface area contributed by atoms with Gasteiger partial charge in [0.25, 0.3) is 0 Å². The van der Waals surface area contributed by atoms with Crippen LogP contribution in [-0.4, -0.2) is 18.9 Å². The van der Waals surface area contributed by atoms with Crippen molar-refractivity contribution in [2.75, 3.05) is 7.11 Å². The fourth-order valence-electron chi connectivity index (χ4n) is 4.95. The van der Waals surface area contributed by atoms with Crippen LogP contribution >= 0.6 is 0 Å². The third-order valence-electron chi connectivity index (χ3n) is 7.03. The number of ketones is 1. The van der Waals surface area contributed by atoms with Gasteiger partial charge in [-0.1, -0.05) is 84.6 Å². The number of esters is 1. The van der Waals surface area contributed by atoms with Crippen molar-refractivity contribution in [1.29, 1.82) is 0 Å². The zero-order valence-corrected chi connectivity index (χ0v) is 20.8. The van der Waals surface area contributed by atoms with Gasteiger partial charge >= 0.3 is 5.97 Å². The van der Waals surface area contributed by atoms with Crippen LogP contribution in [0.4, 0.5) is 0 Å². The summed E-state index contributed by atoms with van der Waals surface area (Å²) >= 11 is 0. The predicted molar refractivity (Wildman–Crippen MR) is 138 cm³/mol. The van der Waals surface area contributed by atoms with Gasteiger partial charge in [0.05, 0.1) is 13.0 Å². The molecule has 1 aliphatic rings. The van der Waals surface area contributed by atoms with Crippen LogP contribution in [0.25, 0.3) is 0 Å². The molecule has 0 spiro atoms. The first-order valence-electron chi connectivity index (χ1n) is 12.5. The van der Waals surface area contributed by atoms with Gasteiger partial charge in [-0.25, -0.2) is 0 Å². The maximum atomic E-state index is 13.6. The van der Waals surface area contributed by atoms with Crippen molar-refractivity contribution in [3.05, 3.63) is 101 Å². The van der Waals surface area contributed by atoms with Crippen LogP contribution in [0.5, 0.6) is 5.75 Å². The summed E-state index contributed by atoms with van der Waals surface area (Å²) in [4.78, 5) is 27.1. The summed E-state index contributed by atoms with van der Waals surface area (Å²) < 4.78 is 11.4. The van der Waals surface area contributed by atoms with E-state index in [4.69, 9.17) is 9.47 Å². The Labute approximate surface area is 208 Å². The summed E-state index contributed by atoms with van der Waals surface area (Å²) in [5.74, 6) is 0.303. The number of carbonyl (C=O) groups excluding carboxylic acids is 2. The maximum Gasteiger partial charge on any atom is 0.310 e. The summed E-state index contributed by atoms with van der Waals surface area (Å²) in [6.07, 6.45) is 3.69. The van der Waals surface area contributed by atoms with Crippen LogP contribution in [-0.2, 0) is 16.0 Å². The number of rotatable bonds is 8. The summed E-state index contributed by atoms with van der Waals surface area (Å²) in [7, 11) is 1.66. The quantitative estimate of drug-likeness (QED) is 0.267. The number of aryl methyl sites for hydroxylation is 2. The Kier molecular flexibility index (Phi) is 8.02. The molecule has 35 heavy (non-hydrogen) atoms. The highest BCUT2D eigenvalue weighted by Gasteiger charge is 2.35. The van der Waals surface area contributed by atoms with E-state index in [2.05, 4.69) is 6.07 Å². The van der Waals surface area contributed by atoms with E-state index in [0.717, 1.165) is 54.5 Å². The second-order valence-corrected chi connectivity index (χ2v) is 9.66. The average Bonchev–Trinajstić information content (AvgIpc) is 2.88. The third-order valence-corrected chi connectivity index (χ3v) is 7.03. The minimum atomic E-state index is -0.954. The largest absolute Gasteiger partial charge is 0.497 e. The second kappa shape index (κ2) is 11.4. The number of benzene rings is 3. The lowest BCUT2D eigenvalue weighted by molar-refractivity contribution is -0.155. The van der Waals surface area contributed by atoms with Crippen LogP contribution in [0, 0.1) is 25.7 Å². The van der Waals surface area contributed by atoms with Crippen molar-refractivity contribution in [2.45, 2.75) is 52.1 Å². The Morgan fingerprint density at radius 3 is 2.23 bits per heavy atom. The van der Waals surface area contributed by atoms with Gasteiger partial charge in [0.15, 0.2) is 6.10 Å². The van der Waals surface area contributed by atoms with E-state index in [9.17, 15) is 9.59 Å². The third kappa shape index (κ3) is 6.19. The Bertz CT molecular complexity index is 1150. The topological polar surface area (TPSA) is 52.6 Å². The van der Waals surface area contributed by atoms with E-state index in [1.54, 1.807) is 19.2 Å². The highest BCUT2D eigenvalue weighted by atomic mass is 16.5. The van der Waals surface area contributed by atoms with Gasteiger partial charge in [0.1, 0.15) is 5.75 Å². The van der Waals surface area contributed by atoms with Crippen LogP contribution in [0.2, 0.25) is 0 Å². The fraction of sp³-hybridized carbons (Fsp3) is 0.355. The first-order chi connectivity index (χ1) is 16.9. The van der Waals surface area contributed by atoms with Gasteiger partial charge in [-0.2, -0.15) is 0 Å². The van der Waals surface area contributed by atoms with Gasteiger partial charge in [0, 0.05) is 11.1 Å². The number of carbonyl (C=O) groups is 2. The maximum absolute atomic E-state index is 13.6. The van der Waals surface area contributed by atoms with Crippen LogP contribution in [0.15, 0.2) is 72.8 Å². The molecular weight excluding hydrogens is 436 g/mol. The molecule has 4 rings (SSSR count). The lowest BCUT2D eigenvalue weighted by atomic mass is 9.76. The van der Waals surface area contributed by atoms with E-state index in [1.807, 2.05) is 68.4 Å². The van der Waals surface area contributed by atoms with Gasteiger partial charge in [-0.05, 0) is 56.7 Å². The standard InChI is InChI=1S/C31H34O4/c1-21-11-15-24(16-12-21)29(32)30(25-17-13-22(2)14-18-25)35-31(33)28-10-5-4-8-26(28)19-23-7-6-9-27(20-23)34-3/h6-7,9,11-18,20,26,28,30H,4-5,8,10,19H2,1-3H3. The summed E-state index contributed by atoms with van der Waals surface area (Å²) in [5.41, 5.74) is 4.57. The molecule has 4 nitrogen and oxygen atoms in total. The molecule has 0 aliphatic heterocycles. The molecular formula is C31H34O4. The fourth-order valence-corrected chi connectivity index (χ4v) is 4.95. The molecule has 3 atom stereocenters. The Balaban J connectivity index is 1.57. The molecule has 4 heteroatoms. The van der Waals surface area contributed by atoms with E-state index >= 15 is 0 Å². The predicted octanol–water partition coefficient (Wildman–Crippen LogP) is 6.83. The lowest BCUT2D eigenvalue weighted by Crippen LogP contribution is -2.32. The molecule has 3 unspecified atom stereocenters. The normalized spacial score (nSPS) is 18.5. The van der Waals surface area contributed by atoms with Gasteiger partial charge in [-0.15, -0.1) is 0 Å². The van der Waals surface area contributed by atoms with E-state index in [-0.39, 0.29) is 23.6 Å². The molecule has 1 fully saturated rings. The number of hydrogen-bond acceptors (Lipinski definition) is 4. The number of Topliss-reactive ketones (excluding diaryl/α,β-unsaturated/α-hetero) is 1. The highest BCUT2D eigenvalue weighted by molar-refractivity contribution is 6.01. The lowest BCUT2D eigenvalue weighted by Gasteiger charge is -2.31. The molecule has 3 aromatic rings. The molecule has 182 valence electrons. The molecule has 0 saturated heterocycles. The minimum Gasteiger partial charge on any atom is -0.497 e. The van der Waals surface area contributed by atoms with Crippen molar-refractivity contribution < 1.29 is 19.1 Å². The zero-order chi connectivity index (χ0) is 24.8. The Morgan fingerprint density at radius 1 is 0.886 bits per heavy atom. The molecule has 0 amide bonds. The monoisotopic (exact) mass is 470 g/mol. The molecule has 0 heterocycles. The summed E-state index contributed by atoms with van der Waals surface area (Å²) in [6, 6.07) is 23.1. The van der Waals surface area contributed by atoms with Crippen molar-refractivity contribution in [1.82, 2.24) is 0 Å². The van der Waals surface area contributed by atoms with E-state index < -0.39 is 6.10 Å². The minimum absolute atomic E-state index is 0.177. The summed E-state index contributed by atoms with van der Waals surface area (Å²) in [5, 5.41) is 0. The van der Waals surface area contributed by atoms with Crippen LogP contribution < -0.4 is 4.74 Å². The Hall–Kier alpha value is -3.40. The van der Waals surface area contributed by atoms with Crippen molar-refractivity contribution >= 4 is 11.8 Å². The smallest absolute Gasteiger partial charge is 0.310 e. The van der Waals surface area contributed by atoms with Crippen molar-refractivity contribution in [2.24, 2.45) is 11.8 Å². The van der Waals surface area contributed by atoms with Crippen molar-refractivity contribution in [3.63, 3.8) is 0 Å². The molecule has 0 aromatic heterocycles. The van der Waals surface area contributed by atoms with E-state index in [1.165, 1.54) is 0 Å². The second-order valence-electron chi connectivity index (χ2n) is 9.66. The SMILES string of the molecule is COc1cccc(CC2CCCCC2C(=O)OC(C(=O)c2ccc(C)cc2)c2ccc(C)cc2)c1. The van der Waals surface area contributed by atoms with Crippen LogP contribution in [0.1, 0.15) is 64.4 Å². The van der Waals surface area contributed by atoms with Gasteiger partial charge in [-0.3, -0.25) is 9.59 Å². The zero-order valence-electron chi connectivity index (χ0n) is 20.8. The van der Waals surface area contributed by atoms with E-state index in [0.29, 0.717) is 11.1 Å². The Morgan fingerprint density at radius 2 is 1.54 bits per heavy atom. The first kappa shape index (κ1) is 24.7. The number of hydrogen-bond donors (Lipinski definition) is 0. The average molecular weight is 471 g/mol. The molecule has 1 aliphatic carbocycles. The molecule has 0 N–H and O–H groups in total. The van der Waals surface area contributed by atoms with Crippen molar-refractivity contribution in [3.8, 4) is 5.75 Å². The number of methoxy groups -OCH3 is 1. The highest BCUT2D eigenvalue weighted by Crippen LogP contribution is 2.36. The first-order valence-corrected chi connectivity index (χ1v) is 12.5.